The third-order valence-corrected chi connectivity index (χ3v) is 27.4. The van der Waals surface area contributed by atoms with Crippen molar-refractivity contribution < 1.29 is 4.42 Å². The summed E-state index contributed by atoms with van der Waals surface area (Å²) in [7, 11) is 0. The van der Waals surface area contributed by atoms with Gasteiger partial charge in [-0.05, 0) is 121 Å². The highest BCUT2D eigenvalue weighted by Crippen LogP contribution is 2.48. The molecule has 0 bridgehead atoms. The summed E-state index contributed by atoms with van der Waals surface area (Å²) in [5.41, 5.74) is 25.0. The average Bonchev–Trinajstić information content (AvgIpc) is 1.56. The standard InChI is InChI=1S/C44H28N4.C38H23N3O.C38H23N3S/c1-3-12-30(13-4-1)44-46-41-36-18-9-7-16-34(36)35-17-8-10-19-37(35)43(41)48(44)32-24-22-29(23-25-32)33-20-11-21-38-39-28-45-27-26-40(39)47(42(33)38)31-14-5-2-6-15-31;2*1-2-9-25(10-3-1)38-40-35-30-13-6-4-11-28(30)29-12-5-7-14-31(29)36(35)41(38)26-19-17-24(18-20-26)27-15-8-16-32-33-23-39-22-21-34(33)42-37(27)32/h1-28H;2*1-23H. The van der Waals surface area contributed by atoms with Gasteiger partial charge in [0.1, 0.15) is 28.6 Å². The van der Waals surface area contributed by atoms with Crippen molar-refractivity contribution in [2.45, 2.75) is 0 Å². The zero-order chi connectivity index (χ0) is 86.9. The van der Waals surface area contributed by atoms with Crippen LogP contribution in [0.1, 0.15) is 0 Å². The van der Waals surface area contributed by atoms with Gasteiger partial charge in [0.2, 0.25) is 0 Å². The van der Waals surface area contributed by atoms with E-state index >= 15 is 0 Å². The van der Waals surface area contributed by atoms with Crippen LogP contribution in [-0.4, -0.2) is 48.2 Å². The number of benzene rings is 19. The number of pyridine rings is 3. The first-order valence-corrected chi connectivity index (χ1v) is 45.2. The highest BCUT2D eigenvalue weighted by Gasteiger charge is 2.27. The number of furan rings is 1. The Bertz CT molecular complexity index is 9100. The van der Waals surface area contributed by atoms with Crippen LogP contribution < -0.4 is 0 Å². The average molecular weight is 1700 g/mol. The Hall–Kier alpha value is -17.6. The molecule has 9 heterocycles. The van der Waals surface area contributed by atoms with Gasteiger partial charge in [-0.3, -0.25) is 28.7 Å². The second-order valence-electron chi connectivity index (χ2n) is 33.5. The maximum atomic E-state index is 6.31. The second kappa shape index (κ2) is 31.2. The summed E-state index contributed by atoms with van der Waals surface area (Å²) >= 11 is 1.83. The molecular formula is C120H74N10OS. The minimum absolute atomic E-state index is 0.848. The van der Waals surface area contributed by atoms with Gasteiger partial charge in [0.15, 0.2) is 0 Å². The van der Waals surface area contributed by atoms with Crippen LogP contribution in [0.5, 0.6) is 0 Å². The number of imidazole rings is 3. The van der Waals surface area contributed by atoms with E-state index in [1.807, 2.05) is 54.5 Å². The van der Waals surface area contributed by atoms with E-state index < -0.39 is 0 Å². The highest BCUT2D eigenvalue weighted by molar-refractivity contribution is 7.26. The van der Waals surface area contributed by atoms with Crippen molar-refractivity contribution in [2.75, 3.05) is 0 Å². The predicted molar refractivity (Wildman–Crippen MR) is 549 cm³/mol. The fraction of sp³-hybridized carbons (Fsp3) is 0. The molecule has 0 amide bonds. The molecule has 616 valence electrons. The lowest BCUT2D eigenvalue weighted by molar-refractivity contribution is 0.669. The van der Waals surface area contributed by atoms with Gasteiger partial charge in [0, 0.05) is 162 Å². The molecule has 0 aliphatic rings. The van der Waals surface area contributed by atoms with Crippen LogP contribution in [0.3, 0.4) is 0 Å². The molecule has 11 nitrogen and oxygen atoms in total. The number of rotatable bonds is 10. The molecule has 9 aromatic heterocycles. The maximum absolute atomic E-state index is 6.31. The Morgan fingerprint density at radius 2 is 0.530 bits per heavy atom. The Morgan fingerprint density at radius 1 is 0.205 bits per heavy atom. The van der Waals surface area contributed by atoms with Crippen LogP contribution in [0, 0.1) is 0 Å². The number of nitrogens with zero attached hydrogens (tertiary/aromatic N) is 10. The molecule has 0 N–H and O–H groups in total. The van der Waals surface area contributed by atoms with Crippen LogP contribution in [0.2, 0.25) is 0 Å². The molecule has 0 radical (unpaired) electrons. The predicted octanol–water partition coefficient (Wildman–Crippen LogP) is 31.5. The molecule has 0 unspecified atom stereocenters. The van der Waals surface area contributed by atoms with Crippen LogP contribution in [-0.2, 0) is 0 Å². The third-order valence-electron chi connectivity index (χ3n) is 26.2. The molecule has 0 saturated heterocycles. The fourth-order valence-electron chi connectivity index (χ4n) is 20.3. The fourth-order valence-corrected chi connectivity index (χ4v) is 21.5. The van der Waals surface area contributed by atoms with E-state index in [1.165, 1.54) is 102 Å². The zero-order valence-corrected chi connectivity index (χ0v) is 71.8. The third kappa shape index (κ3) is 12.3. The Kier molecular flexibility index (Phi) is 17.9. The summed E-state index contributed by atoms with van der Waals surface area (Å²) in [5, 5.41) is 21.3. The first-order chi connectivity index (χ1) is 65.5. The van der Waals surface area contributed by atoms with Crippen molar-refractivity contribution in [3.63, 3.8) is 0 Å². The van der Waals surface area contributed by atoms with E-state index in [0.29, 0.717) is 0 Å². The lowest BCUT2D eigenvalue weighted by atomic mass is 9.99. The van der Waals surface area contributed by atoms with Crippen molar-refractivity contribution >= 4 is 173 Å². The van der Waals surface area contributed by atoms with Crippen LogP contribution in [0.4, 0.5) is 0 Å². The monoisotopic (exact) mass is 1700 g/mol. The lowest BCUT2D eigenvalue weighted by Gasteiger charge is -2.14. The maximum Gasteiger partial charge on any atom is 0.145 e. The van der Waals surface area contributed by atoms with Crippen LogP contribution in [0.25, 0.3) is 252 Å². The van der Waals surface area contributed by atoms with Gasteiger partial charge < -0.3 is 8.98 Å². The van der Waals surface area contributed by atoms with Crippen molar-refractivity contribution in [1.82, 2.24) is 48.2 Å². The molecule has 0 saturated carbocycles. The van der Waals surface area contributed by atoms with Gasteiger partial charge in [-0.2, -0.15) is 0 Å². The minimum atomic E-state index is 0.848. The van der Waals surface area contributed by atoms with Gasteiger partial charge in [-0.1, -0.05) is 346 Å². The van der Waals surface area contributed by atoms with Gasteiger partial charge >= 0.3 is 0 Å². The van der Waals surface area contributed by atoms with Gasteiger partial charge in [0.05, 0.1) is 44.1 Å². The van der Waals surface area contributed by atoms with E-state index in [-0.39, 0.29) is 0 Å². The molecule has 12 heteroatoms. The van der Waals surface area contributed by atoms with E-state index in [9.17, 15) is 0 Å². The van der Waals surface area contributed by atoms with Gasteiger partial charge in [0.25, 0.3) is 0 Å². The van der Waals surface area contributed by atoms with Crippen molar-refractivity contribution in [1.29, 1.82) is 0 Å². The number of fused-ring (bicyclic) bond motifs is 27. The van der Waals surface area contributed by atoms with E-state index in [2.05, 4.69) is 434 Å². The molecule has 0 aliphatic heterocycles. The summed E-state index contributed by atoms with van der Waals surface area (Å²) in [4.78, 5) is 29.2. The van der Waals surface area contributed by atoms with Crippen molar-refractivity contribution in [3.8, 4) is 90.3 Å². The number of hydrogen-bond donors (Lipinski definition) is 0. The quantitative estimate of drug-likeness (QED) is 0.125. The number of aromatic nitrogens is 10. The summed E-state index contributed by atoms with van der Waals surface area (Å²) in [6.45, 7) is 0. The topological polar surface area (TPSA) is 110 Å². The SMILES string of the molecule is c1ccc(-c2nc3c4ccccc4c4ccccc4c3n2-c2ccc(-c3cccc4c3oc3ccncc34)cc2)cc1.c1ccc(-c2nc3c4ccccc4c4ccccc4c3n2-c2ccc(-c3cccc4c3sc3ccncc34)cc2)cc1.c1ccc(-c2nc3c4ccccc4c4ccccc4c3n2-c2ccc(-c3cccc4c5cnccc5n(-c5ccccc5)c34)cc2)cc1. The zero-order valence-electron chi connectivity index (χ0n) is 71.0. The summed E-state index contributed by atoms with van der Waals surface area (Å²) < 4.78 is 18.2. The summed E-state index contributed by atoms with van der Waals surface area (Å²) in [5.74, 6) is 2.80. The largest absolute Gasteiger partial charge is 0.455 e. The van der Waals surface area contributed by atoms with Gasteiger partial charge in [-0.15, -0.1) is 11.3 Å². The lowest BCUT2D eigenvalue weighted by Crippen LogP contribution is -1.99. The Morgan fingerprint density at radius 3 is 0.992 bits per heavy atom. The van der Waals surface area contributed by atoms with E-state index in [0.717, 1.165) is 150 Å². The highest BCUT2D eigenvalue weighted by atomic mass is 32.1. The van der Waals surface area contributed by atoms with Gasteiger partial charge in [-0.25, -0.2) is 15.0 Å². The number of thiophene rings is 1. The van der Waals surface area contributed by atoms with Crippen molar-refractivity contribution in [3.05, 3.63) is 450 Å². The number of para-hydroxylation sites is 3. The molecule has 28 aromatic rings. The van der Waals surface area contributed by atoms with E-state index in [4.69, 9.17) is 19.4 Å². The Balaban J connectivity index is 0.000000104. The first-order valence-electron chi connectivity index (χ1n) is 44.4. The van der Waals surface area contributed by atoms with Crippen molar-refractivity contribution in [2.24, 2.45) is 0 Å². The normalized spacial score (nSPS) is 11.8. The molecule has 0 spiro atoms. The first kappa shape index (κ1) is 75.7. The minimum Gasteiger partial charge on any atom is -0.455 e. The second-order valence-corrected chi connectivity index (χ2v) is 34.5. The molecule has 0 aliphatic carbocycles. The molecule has 28 rings (SSSR count). The number of hydrogen-bond acceptors (Lipinski definition) is 8. The van der Waals surface area contributed by atoms with Crippen LogP contribution >= 0.6 is 11.3 Å². The van der Waals surface area contributed by atoms with Crippen LogP contribution in [0.15, 0.2) is 454 Å². The molecule has 132 heavy (non-hydrogen) atoms. The Labute approximate surface area is 760 Å². The molecule has 19 aromatic carbocycles. The van der Waals surface area contributed by atoms with E-state index in [1.54, 1.807) is 6.20 Å². The molecular weight excluding hydrogens is 1630 g/mol. The molecule has 0 fully saturated rings. The summed E-state index contributed by atoms with van der Waals surface area (Å²) in [6, 6.07) is 146. The molecule has 0 atom stereocenters. The summed E-state index contributed by atoms with van der Waals surface area (Å²) in [6.07, 6.45) is 11.3. The smallest absolute Gasteiger partial charge is 0.145 e.